The normalized spacial score (nSPS) is 10.6. The summed E-state index contributed by atoms with van der Waals surface area (Å²) in [5.41, 5.74) is 1.12. The standard InChI is InChI=1S/C15H21N5O/c1-10(2)11-8-6-7-9-12(11)21-15-18-13(16-3)17-14(19-15)20(4)5/h6-10H,1-5H3,(H,16,17,18,19). The first-order chi connectivity index (χ1) is 10.0. The maximum Gasteiger partial charge on any atom is 0.328 e. The summed E-state index contributed by atoms with van der Waals surface area (Å²) in [6.07, 6.45) is 0. The predicted octanol–water partition coefficient (Wildman–Crippen LogP) is 2.90. The summed E-state index contributed by atoms with van der Waals surface area (Å²) < 4.78 is 5.88. The van der Waals surface area contributed by atoms with Crippen LogP contribution in [0.15, 0.2) is 24.3 Å². The van der Waals surface area contributed by atoms with E-state index in [1.807, 2.05) is 43.3 Å². The van der Waals surface area contributed by atoms with E-state index in [1.165, 1.54) is 0 Å². The largest absolute Gasteiger partial charge is 0.424 e. The fourth-order valence-corrected chi connectivity index (χ4v) is 1.85. The molecule has 112 valence electrons. The van der Waals surface area contributed by atoms with Crippen LogP contribution in [0.25, 0.3) is 0 Å². The topological polar surface area (TPSA) is 63.2 Å². The molecule has 21 heavy (non-hydrogen) atoms. The van der Waals surface area contributed by atoms with E-state index in [0.717, 1.165) is 11.3 Å². The van der Waals surface area contributed by atoms with Crippen LogP contribution in [0.1, 0.15) is 25.3 Å². The molecule has 6 nitrogen and oxygen atoms in total. The van der Waals surface area contributed by atoms with Crippen LogP contribution in [-0.2, 0) is 0 Å². The molecular weight excluding hydrogens is 266 g/mol. The maximum absolute atomic E-state index is 5.88. The van der Waals surface area contributed by atoms with E-state index in [-0.39, 0.29) is 6.01 Å². The number of aromatic nitrogens is 3. The number of nitrogens with zero attached hydrogens (tertiary/aromatic N) is 4. The molecule has 0 unspecified atom stereocenters. The Labute approximate surface area is 125 Å². The first-order valence-electron chi connectivity index (χ1n) is 6.89. The first kappa shape index (κ1) is 15.0. The summed E-state index contributed by atoms with van der Waals surface area (Å²) in [4.78, 5) is 14.6. The lowest BCUT2D eigenvalue weighted by Gasteiger charge is -2.15. The van der Waals surface area contributed by atoms with Crippen LogP contribution in [0, 0.1) is 0 Å². The second-order valence-electron chi connectivity index (χ2n) is 5.18. The fourth-order valence-electron chi connectivity index (χ4n) is 1.85. The highest BCUT2D eigenvalue weighted by Crippen LogP contribution is 2.29. The Morgan fingerprint density at radius 2 is 1.81 bits per heavy atom. The SMILES string of the molecule is CNc1nc(Oc2ccccc2C(C)C)nc(N(C)C)n1. The van der Waals surface area contributed by atoms with Gasteiger partial charge in [-0.25, -0.2) is 0 Å². The molecule has 0 aliphatic rings. The Morgan fingerprint density at radius 3 is 2.43 bits per heavy atom. The number of hydrogen-bond acceptors (Lipinski definition) is 6. The summed E-state index contributed by atoms with van der Waals surface area (Å²) in [5.74, 6) is 2.16. The molecule has 0 spiro atoms. The fraction of sp³-hybridized carbons (Fsp3) is 0.400. The van der Waals surface area contributed by atoms with Crippen molar-refractivity contribution in [3.8, 4) is 11.8 Å². The third-order valence-corrected chi connectivity index (χ3v) is 2.97. The minimum Gasteiger partial charge on any atom is -0.424 e. The van der Waals surface area contributed by atoms with Crippen molar-refractivity contribution in [2.24, 2.45) is 0 Å². The van der Waals surface area contributed by atoms with Crippen LogP contribution in [0.4, 0.5) is 11.9 Å². The van der Waals surface area contributed by atoms with Crippen molar-refractivity contribution in [3.05, 3.63) is 29.8 Å². The van der Waals surface area contributed by atoms with E-state index in [4.69, 9.17) is 4.74 Å². The quantitative estimate of drug-likeness (QED) is 0.912. The van der Waals surface area contributed by atoms with E-state index >= 15 is 0 Å². The Hall–Kier alpha value is -2.37. The summed E-state index contributed by atoms with van der Waals surface area (Å²) in [7, 11) is 5.52. The molecule has 0 radical (unpaired) electrons. The monoisotopic (exact) mass is 287 g/mol. The molecule has 1 aromatic heterocycles. The van der Waals surface area contributed by atoms with Crippen molar-refractivity contribution in [3.63, 3.8) is 0 Å². The van der Waals surface area contributed by atoms with Gasteiger partial charge in [0.2, 0.25) is 11.9 Å². The third-order valence-electron chi connectivity index (χ3n) is 2.97. The molecule has 1 aromatic carbocycles. The molecule has 1 N–H and O–H groups in total. The maximum atomic E-state index is 5.88. The van der Waals surface area contributed by atoms with Gasteiger partial charge >= 0.3 is 6.01 Å². The third kappa shape index (κ3) is 3.59. The van der Waals surface area contributed by atoms with Gasteiger partial charge in [-0.2, -0.15) is 15.0 Å². The average Bonchev–Trinajstić information content (AvgIpc) is 2.47. The van der Waals surface area contributed by atoms with E-state index in [0.29, 0.717) is 17.8 Å². The molecule has 0 aliphatic carbocycles. The van der Waals surface area contributed by atoms with Gasteiger partial charge in [-0.3, -0.25) is 0 Å². The summed E-state index contributed by atoms with van der Waals surface area (Å²) >= 11 is 0. The van der Waals surface area contributed by atoms with Crippen LogP contribution < -0.4 is 15.0 Å². The van der Waals surface area contributed by atoms with Crippen molar-refractivity contribution in [1.29, 1.82) is 0 Å². The van der Waals surface area contributed by atoms with Crippen molar-refractivity contribution in [2.45, 2.75) is 19.8 Å². The highest BCUT2D eigenvalue weighted by Gasteiger charge is 2.12. The molecule has 2 rings (SSSR count). The average molecular weight is 287 g/mol. The number of rotatable bonds is 5. The van der Waals surface area contributed by atoms with Crippen molar-refractivity contribution < 1.29 is 4.74 Å². The van der Waals surface area contributed by atoms with E-state index in [1.54, 1.807) is 7.05 Å². The van der Waals surface area contributed by atoms with Gasteiger partial charge in [0.15, 0.2) is 0 Å². The molecule has 0 bridgehead atoms. The number of nitrogens with one attached hydrogen (secondary N) is 1. The second kappa shape index (κ2) is 6.39. The summed E-state index contributed by atoms with van der Waals surface area (Å²) in [6, 6.07) is 8.19. The molecule has 1 heterocycles. The zero-order chi connectivity index (χ0) is 15.4. The Kier molecular flexibility index (Phi) is 4.57. The van der Waals surface area contributed by atoms with Gasteiger partial charge in [-0.15, -0.1) is 0 Å². The molecule has 0 atom stereocenters. The number of benzene rings is 1. The molecule has 0 saturated carbocycles. The second-order valence-corrected chi connectivity index (χ2v) is 5.18. The Bertz CT molecular complexity index is 613. The molecule has 0 fully saturated rings. The minimum absolute atomic E-state index is 0.283. The van der Waals surface area contributed by atoms with E-state index in [9.17, 15) is 0 Å². The van der Waals surface area contributed by atoms with Crippen LogP contribution in [0.3, 0.4) is 0 Å². The van der Waals surface area contributed by atoms with Gasteiger partial charge in [0, 0.05) is 21.1 Å². The predicted molar refractivity (Wildman–Crippen MR) is 84.3 cm³/mol. The van der Waals surface area contributed by atoms with E-state index < -0.39 is 0 Å². The lowest BCUT2D eigenvalue weighted by molar-refractivity contribution is 0.433. The molecule has 0 amide bonds. The lowest BCUT2D eigenvalue weighted by atomic mass is 10.0. The number of hydrogen-bond donors (Lipinski definition) is 1. The Morgan fingerprint density at radius 1 is 1.10 bits per heavy atom. The zero-order valence-corrected chi connectivity index (χ0v) is 13.1. The van der Waals surface area contributed by atoms with Gasteiger partial charge in [-0.05, 0) is 17.5 Å². The van der Waals surface area contributed by atoms with Gasteiger partial charge in [0.05, 0.1) is 0 Å². The molecule has 2 aromatic rings. The van der Waals surface area contributed by atoms with E-state index in [2.05, 4.69) is 34.1 Å². The minimum atomic E-state index is 0.283. The molecule has 0 aliphatic heterocycles. The van der Waals surface area contributed by atoms with Crippen LogP contribution >= 0.6 is 0 Å². The number of para-hydroxylation sites is 1. The van der Waals surface area contributed by atoms with Gasteiger partial charge in [0.25, 0.3) is 0 Å². The van der Waals surface area contributed by atoms with Crippen molar-refractivity contribution in [2.75, 3.05) is 31.4 Å². The summed E-state index contributed by atoms with van der Waals surface area (Å²) in [5, 5.41) is 2.92. The smallest absolute Gasteiger partial charge is 0.328 e. The van der Waals surface area contributed by atoms with Crippen LogP contribution in [0.5, 0.6) is 11.8 Å². The number of ether oxygens (including phenoxy) is 1. The van der Waals surface area contributed by atoms with Crippen LogP contribution in [-0.4, -0.2) is 36.1 Å². The van der Waals surface area contributed by atoms with Gasteiger partial charge < -0.3 is 15.0 Å². The van der Waals surface area contributed by atoms with Gasteiger partial charge in [0.1, 0.15) is 5.75 Å². The van der Waals surface area contributed by atoms with Gasteiger partial charge in [-0.1, -0.05) is 32.0 Å². The lowest BCUT2D eigenvalue weighted by Crippen LogP contribution is -2.15. The number of anilines is 2. The highest BCUT2D eigenvalue weighted by molar-refractivity contribution is 5.40. The molecule has 0 saturated heterocycles. The zero-order valence-electron chi connectivity index (χ0n) is 13.1. The first-order valence-corrected chi connectivity index (χ1v) is 6.89. The molecule has 6 heteroatoms. The summed E-state index contributed by atoms with van der Waals surface area (Å²) in [6.45, 7) is 4.25. The highest BCUT2D eigenvalue weighted by atomic mass is 16.5. The van der Waals surface area contributed by atoms with Crippen molar-refractivity contribution >= 4 is 11.9 Å². The van der Waals surface area contributed by atoms with Crippen molar-refractivity contribution in [1.82, 2.24) is 15.0 Å². The van der Waals surface area contributed by atoms with Crippen LogP contribution in [0.2, 0.25) is 0 Å². The molecular formula is C15H21N5O. The Balaban J connectivity index is 2.37.